The third-order valence-corrected chi connectivity index (χ3v) is 1.17. The van der Waals surface area contributed by atoms with E-state index in [0.717, 1.165) is 0 Å². The number of allylic oxidation sites excluding steroid dienone is 1. The van der Waals surface area contributed by atoms with Crippen molar-refractivity contribution < 1.29 is 0 Å². The molecular formula is C7H7BrN2. The summed E-state index contributed by atoms with van der Waals surface area (Å²) in [5, 5.41) is 8.28. The standard InChI is InChI=1S/C7H7BrN2/c1-3-6(2)10-5-7(8)4-9/h3,5,7H,1-2H2. The van der Waals surface area contributed by atoms with Gasteiger partial charge in [-0.1, -0.05) is 29.1 Å². The van der Waals surface area contributed by atoms with Crippen molar-refractivity contribution in [1.82, 2.24) is 0 Å². The van der Waals surface area contributed by atoms with E-state index in [1.54, 1.807) is 0 Å². The summed E-state index contributed by atoms with van der Waals surface area (Å²) in [5.41, 5.74) is 0.555. The van der Waals surface area contributed by atoms with Gasteiger partial charge in [-0.15, -0.1) is 0 Å². The van der Waals surface area contributed by atoms with E-state index in [-0.39, 0.29) is 4.83 Å². The van der Waals surface area contributed by atoms with Crippen molar-refractivity contribution in [3.63, 3.8) is 0 Å². The van der Waals surface area contributed by atoms with Crippen LogP contribution in [0.3, 0.4) is 0 Å². The Morgan fingerprint density at radius 2 is 2.40 bits per heavy atom. The fraction of sp³-hybridized carbons (Fsp3) is 0.143. The third kappa shape index (κ3) is 4.04. The molecule has 0 saturated heterocycles. The third-order valence-electron chi connectivity index (χ3n) is 0.730. The predicted molar refractivity (Wildman–Crippen MR) is 46.2 cm³/mol. The summed E-state index contributed by atoms with van der Waals surface area (Å²) in [6.07, 6.45) is 2.98. The summed E-state index contributed by atoms with van der Waals surface area (Å²) in [6, 6.07) is 1.94. The first-order valence-corrected chi connectivity index (χ1v) is 3.51. The van der Waals surface area contributed by atoms with Gasteiger partial charge >= 0.3 is 0 Å². The lowest BCUT2D eigenvalue weighted by atomic mass is 10.5. The Hall–Kier alpha value is -0.880. The minimum Gasteiger partial charge on any atom is -0.260 e. The molecule has 0 aromatic carbocycles. The maximum absolute atomic E-state index is 8.28. The van der Waals surface area contributed by atoms with Crippen molar-refractivity contribution in [3.8, 4) is 6.07 Å². The Morgan fingerprint density at radius 1 is 1.80 bits per heavy atom. The smallest absolute Gasteiger partial charge is 0.136 e. The molecule has 0 N–H and O–H groups in total. The molecule has 0 radical (unpaired) electrons. The lowest BCUT2D eigenvalue weighted by Crippen LogP contribution is -1.92. The molecule has 0 aliphatic carbocycles. The van der Waals surface area contributed by atoms with Crippen molar-refractivity contribution in [2.75, 3.05) is 0 Å². The van der Waals surface area contributed by atoms with E-state index in [9.17, 15) is 0 Å². The summed E-state index contributed by atoms with van der Waals surface area (Å²) in [6.45, 7) is 6.99. The number of nitrogens with zero attached hydrogens (tertiary/aromatic N) is 2. The van der Waals surface area contributed by atoms with E-state index in [2.05, 4.69) is 34.1 Å². The van der Waals surface area contributed by atoms with Crippen LogP contribution in [0.5, 0.6) is 0 Å². The van der Waals surface area contributed by atoms with Crippen LogP contribution in [0, 0.1) is 11.3 Å². The summed E-state index contributed by atoms with van der Waals surface area (Å²) in [5.74, 6) is 0. The Morgan fingerprint density at radius 3 is 2.80 bits per heavy atom. The van der Waals surface area contributed by atoms with E-state index in [0.29, 0.717) is 5.70 Å². The highest BCUT2D eigenvalue weighted by atomic mass is 79.9. The Kier molecular flexibility index (Phi) is 4.51. The zero-order valence-corrected chi connectivity index (χ0v) is 7.00. The van der Waals surface area contributed by atoms with E-state index in [1.807, 2.05) is 6.07 Å². The van der Waals surface area contributed by atoms with Gasteiger partial charge in [0.25, 0.3) is 0 Å². The summed E-state index contributed by atoms with van der Waals surface area (Å²) >= 11 is 3.05. The normalized spacial score (nSPS) is 12.4. The van der Waals surface area contributed by atoms with Crippen LogP contribution in [-0.4, -0.2) is 11.0 Å². The summed E-state index contributed by atoms with van der Waals surface area (Å²) < 4.78 is 0. The fourth-order valence-corrected chi connectivity index (χ4v) is 0.365. The zero-order chi connectivity index (χ0) is 7.98. The molecule has 3 heteroatoms. The van der Waals surface area contributed by atoms with Gasteiger partial charge in [0.05, 0.1) is 11.8 Å². The molecule has 1 atom stereocenters. The summed E-state index contributed by atoms with van der Waals surface area (Å²) in [4.78, 5) is 3.46. The van der Waals surface area contributed by atoms with Crippen LogP contribution in [0.4, 0.5) is 0 Å². The average molecular weight is 199 g/mol. The molecule has 0 aromatic heterocycles. The maximum atomic E-state index is 8.28. The van der Waals surface area contributed by atoms with Crippen molar-refractivity contribution in [3.05, 3.63) is 24.9 Å². The maximum Gasteiger partial charge on any atom is 0.136 e. The van der Waals surface area contributed by atoms with Crippen LogP contribution in [0.25, 0.3) is 0 Å². The van der Waals surface area contributed by atoms with Crippen LogP contribution in [0.2, 0.25) is 0 Å². The highest BCUT2D eigenvalue weighted by Gasteiger charge is 1.92. The second-order valence-corrected chi connectivity index (χ2v) is 2.49. The highest BCUT2D eigenvalue weighted by Crippen LogP contribution is 1.96. The molecule has 0 aliphatic rings. The molecule has 0 rings (SSSR count). The first kappa shape index (κ1) is 9.12. The number of aliphatic imine (C=N–C) groups is 1. The van der Waals surface area contributed by atoms with E-state index in [1.165, 1.54) is 12.3 Å². The Balaban J connectivity index is 3.89. The van der Waals surface area contributed by atoms with Crippen molar-refractivity contribution >= 4 is 22.1 Å². The number of alkyl halides is 1. The zero-order valence-electron chi connectivity index (χ0n) is 5.42. The van der Waals surface area contributed by atoms with Gasteiger partial charge < -0.3 is 0 Å². The number of halogens is 1. The topological polar surface area (TPSA) is 36.1 Å². The number of nitriles is 1. The second kappa shape index (κ2) is 4.95. The van der Waals surface area contributed by atoms with Gasteiger partial charge in [-0.25, -0.2) is 0 Å². The van der Waals surface area contributed by atoms with Gasteiger partial charge in [0, 0.05) is 6.21 Å². The van der Waals surface area contributed by atoms with Crippen LogP contribution < -0.4 is 0 Å². The van der Waals surface area contributed by atoms with Crippen LogP contribution >= 0.6 is 15.9 Å². The summed E-state index contributed by atoms with van der Waals surface area (Å²) in [7, 11) is 0. The molecule has 1 unspecified atom stereocenters. The number of rotatable bonds is 3. The molecule has 0 amide bonds. The van der Waals surface area contributed by atoms with Gasteiger partial charge in [-0.05, 0) is 6.08 Å². The van der Waals surface area contributed by atoms with Crippen LogP contribution in [0.15, 0.2) is 29.9 Å². The molecule has 10 heavy (non-hydrogen) atoms. The molecule has 0 saturated carbocycles. The molecular weight excluding hydrogens is 192 g/mol. The van der Waals surface area contributed by atoms with Crippen molar-refractivity contribution in [1.29, 1.82) is 5.26 Å². The van der Waals surface area contributed by atoms with Gasteiger partial charge in [0.1, 0.15) is 4.83 Å². The molecule has 0 aliphatic heterocycles. The molecule has 0 aromatic rings. The number of hydrogen-bond donors (Lipinski definition) is 0. The van der Waals surface area contributed by atoms with Gasteiger partial charge in [-0.3, -0.25) is 4.99 Å². The van der Waals surface area contributed by atoms with E-state index in [4.69, 9.17) is 5.26 Å². The second-order valence-electron chi connectivity index (χ2n) is 1.50. The van der Waals surface area contributed by atoms with Crippen molar-refractivity contribution in [2.45, 2.75) is 4.83 Å². The van der Waals surface area contributed by atoms with Crippen LogP contribution in [0.1, 0.15) is 0 Å². The first-order valence-electron chi connectivity index (χ1n) is 2.60. The van der Waals surface area contributed by atoms with Crippen molar-refractivity contribution in [2.24, 2.45) is 4.99 Å². The Labute approximate surface area is 68.7 Å². The van der Waals surface area contributed by atoms with E-state index >= 15 is 0 Å². The molecule has 0 bridgehead atoms. The van der Waals surface area contributed by atoms with E-state index < -0.39 is 0 Å². The lowest BCUT2D eigenvalue weighted by molar-refractivity contribution is 1.40. The SMILES string of the molecule is C=CC(=C)N=CC(Br)C#N. The lowest BCUT2D eigenvalue weighted by Gasteiger charge is -1.88. The quantitative estimate of drug-likeness (QED) is 0.389. The van der Waals surface area contributed by atoms with Gasteiger partial charge in [-0.2, -0.15) is 5.26 Å². The highest BCUT2D eigenvalue weighted by molar-refractivity contribution is 9.10. The minimum absolute atomic E-state index is 0.343. The largest absolute Gasteiger partial charge is 0.260 e. The molecule has 0 heterocycles. The first-order chi connectivity index (χ1) is 4.70. The minimum atomic E-state index is -0.343. The number of hydrogen-bond acceptors (Lipinski definition) is 2. The van der Waals surface area contributed by atoms with Gasteiger partial charge in [0.15, 0.2) is 0 Å². The average Bonchev–Trinajstić information content (AvgIpc) is 1.99. The fourth-order valence-electron chi connectivity index (χ4n) is 0.247. The molecule has 52 valence electrons. The van der Waals surface area contributed by atoms with Gasteiger partial charge in [0.2, 0.25) is 0 Å². The predicted octanol–water partition coefficient (Wildman–Crippen LogP) is 2.04. The molecule has 0 fully saturated rings. The van der Waals surface area contributed by atoms with Crippen LogP contribution in [-0.2, 0) is 0 Å². The molecule has 2 nitrogen and oxygen atoms in total. The molecule has 0 spiro atoms. The monoisotopic (exact) mass is 198 g/mol. The Bertz CT molecular complexity index is 200.